The standard InChI is InChI=1S/C10H15NO2/c1-2-8(7-11)10(13)5-3-9(12)4-6-10/h8,13H,2-6H2,1H3. The number of carbonyl (C=O) groups excluding carboxylic acids is 1. The maximum absolute atomic E-state index is 11.0. The van der Waals surface area contributed by atoms with Crippen LogP contribution in [0.3, 0.4) is 0 Å². The summed E-state index contributed by atoms with van der Waals surface area (Å²) in [6, 6.07) is 2.12. The van der Waals surface area contributed by atoms with Gasteiger partial charge in [-0.15, -0.1) is 0 Å². The molecule has 3 heteroatoms. The molecule has 13 heavy (non-hydrogen) atoms. The number of hydrogen-bond acceptors (Lipinski definition) is 3. The second-order valence-corrected chi connectivity index (χ2v) is 3.73. The fraction of sp³-hybridized carbons (Fsp3) is 0.800. The quantitative estimate of drug-likeness (QED) is 0.700. The lowest BCUT2D eigenvalue weighted by atomic mass is 9.75. The van der Waals surface area contributed by atoms with Crippen LogP contribution in [-0.2, 0) is 4.79 Å². The molecule has 1 aliphatic rings. The van der Waals surface area contributed by atoms with E-state index in [4.69, 9.17) is 5.26 Å². The highest BCUT2D eigenvalue weighted by atomic mass is 16.3. The van der Waals surface area contributed by atoms with Crippen molar-refractivity contribution in [2.75, 3.05) is 0 Å². The van der Waals surface area contributed by atoms with Crippen molar-refractivity contribution in [2.45, 2.75) is 44.6 Å². The number of aliphatic hydroxyl groups is 1. The van der Waals surface area contributed by atoms with Crippen LogP contribution < -0.4 is 0 Å². The molecule has 1 fully saturated rings. The highest BCUT2D eigenvalue weighted by Gasteiger charge is 2.38. The van der Waals surface area contributed by atoms with Gasteiger partial charge in [0.05, 0.1) is 17.6 Å². The van der Waals surface area contributed by atoms with Crippen LogP contribution in [0.1, 0.15) is 39.0 Å². The van der Waals surface area contributed by atoms with Gasteiger partial charge in [0.25, 0.3) is 0 Å². The molecular formula is C10H15NO2. The minimum Gasteiger partial charge on any atom is -0.388 e. The van der Waals surface area contributed by atoms with E-state index >= 15 is 0 Å². The largest absolute Gasteiger partial charge is 0.388 e. The van der Waals surface area contributed by atoms with Crippen molar-refractivity contribution in [2.24, 2.45) is 5.92 Å². The monoisotopic (exact) mass is 181 g/mol. The van der Waals surface area contributed by atoms with Crippen LogP contribution in [0.2, 0.25) is 0 Å². The second-order valence-electron chi connectivity index (χ2n) is 3.73. The van der Waals surface area contributed by atoms with Gasteiger partial charge in [-0.05, 0) is 19.3 Å². The fourth-order valence-electron chi connectivity index (χ4n) is 1.90. The lowest BCUT2D eigenvalue weighted by Crippen LogP contribution is -2.40. The van der Waals surface area contributed by atoms with Gasteiger partial charge in [0, 0.05) is 12.8 Å². The second kappa shape index (κ2) is 3.89. The van der Waals surface area contributed by atoms with Gasteiger partial charge >= 0.3 is 0 Å². The zero-order valence-electron chi connectivity index (χ0n) is 7.92. The molecule has 0 saturated heterocycles. The molecule has 1 aliphatic carbocycles. The summed E-state index contributed by atoms with van der Waals surface area (Å²) < 4.78 is 0. The van der Waals surface area contributed by atoms with Gasteiger partial charge in [-0.1, -0.05) is 6.92 Å². The minimum atomic E-state index is -0.905. The van der Waals surface area contributed by atoms with Gasteiger partial charge in [0.2, 0.25) is 0 Å². The number of hydrogen-bond donors (Lipinski definition) is 1. The maximum atomic E-state index is 11.0. The molecule has 1 saturated carbocycles. The molecule has 0 bridgehead atoms. The number of ketones is 1. The summed E-state index contributed by atoms with van der Waals surface area (Å²) in [5.41, 5.74) is -0.905. The van der Waals surface area contributed by atoms with Crippen molar-refractivity contribution in [1.82, 2.24) is 0 Å². The first-order valence-electron chi connectivity index (χ1n) is 4.76. The Hall–Kier alpha value is -0.880. The summed E-state index contributed by atoms with van der Waals surface area (Å²) in [5, 5.41) is 18.9. The predicted octanol–water partition coefficient (Wildman–Crippen LogP) is 1.41. The number of Topliss-reactive ketones (excluding diaryl/α,β-unsaturated/α-hetero) is 1. The van der Waals surface area contributed by atoms with Gasteiger partial charge < -0.3 is 5.11 Å². The molecule has 0 aromatic heterocycles. The topological polar surface area (TPSA) is 61.1 Å². The highest BCUT2D eigenvalue weighted by molar-refractivity contribution is 5.79. The molecule has 1 rings (SSSR count). The van der Waals surface area contributed by atoms with Crippen molar-refractivity contribution in [3.05, 3.63) is 0 Å². The van der Waals surface area contributed by atoms with E-state index in [9.17, 15) is 9.90 Å². The average molecular weight is 181 g/mol. The van der Waals surface area contributed by atoms with E-state index in [0.29, 0.717) is 32.1 Å². The molecule has 1 atom stereocenters. The van der Waals surface area contributed by atoms with Crippen molar-refractivity contribution in [3.63, 3.8) is 0 Å². The Morgan fingerprint density at radius 3 is 2.54 bits per heavy atom. The zero-order valence-corrected chi connectivity index (χ0v) is 7.92. The molecule has 0 spiro atoms. The first kappa shape index (κ1) is 10.2. The van der Waals surface area contributed by atoms with E-state index in [2.05, 4.69) is 6.07 Å². The minimum absolute atomic E-state index is 0.206. The summed E-state index contributed by atoms with van der Waals surface area (Å²) in [6.07, 6.45) is 2.42. The van der Waals surface area contributed by atoms with Gasteiger partial charge in [-0.25, -0.2) is 0 Å². The van der Waals surface area contributed by atoms with Crippen molar-refractivity contribution in [1.29, 1.82) is 5.26 Å². The van der Waals surface area contributed by atoms with E-state index in [-0.39, 0.29) is 11.7 Å². The van der Waals surface area contributed by atoms with Gasteiger partial charge in [-0.3, -0.25) is 4.79 Å². The number of carbonyl (C=O) groups is 1. The molecule has 0 aliphatic heterocycles. The smallest absolute Gasteiger partial charge is 0.133 e. The summed E-state index contributed by atoms with van der Waals surface area (Å²) >= 11 is 0. The summed E-state index contributed by atoms with van der Waals surface area (Å²) in [7, 11) is 0. The third-order valence-electron chi connectivity index (χ3n) is 2.89. The SMILES string of the molecule is CCC(C#N)C1(O)CCC(=O)CC1. The molecule has 1 unspecified atom stereocenters. The molecule has 0 radical (unpaired) electrons. The van der Waals surface area contributed by atoms with E-state index in [1.165, 1.54) is 0 Å². The van der Waals surface area contributed by atoms with E-state index in [1.807, 2.05) is 6.92 Å². The molecule has 72 valence electrons. The van der Waals surface area contributed by atoms with Crippen molar-refractivity contribution < 1.29 is 9.90 Å². The van der Waals surface area contributed by atoms with Crippen LogP contribution in [-0.4, -0.2) is 16.5 Å². The lowest BCUT2D eigenvalue weighted by Gasteiger charge is -2.34. The summed E-state index contributed by atoms with van der Waals surface area (Å²) in [4.78, 5) is 11.0. The number of nitrogens with zero attached hydrogens (tertiary/aromatic N) is 1. The van der Waals surface area contributed by atoms with Gasteiger partial charge in [-0.2, -0.15) is 5.26 Å². The Labute approximate surface area is 78.4 Å². The van der Waals surface area contributed by atoms with Crippen molar-refractivity contribution >= 4 is 5.78 Å². The molecule has 0 aromatic rings. The Morgan fingerprint density at radius 1 is 1.62 bits per heavy atom. The molecule has 0 amide bonds. The number of nitriles is 1. The highest BCUT2D eigenvalue weighted by Crippen LogP contribution is 2.34. The third kappa shape index (κ3) is 2.07. The molecule has 0 aromatic carbocycles. The lowest BCUT2D eigenvalue weighted by molar-refractivity contribution is -0.127. The van der Waals surface area contributed by atoms with Crippen molar-refractivity contribution in [3.8, 4) is 6.07 Å². The Balaban J connectivity index is 2.66. The van der Waals surface area contributed by atoms with Crippen LogP contribution >= 0.6 is 0 Å². The molecule has 0 heterocycles. The third-order valence-corrected chi connectivity index (χ3v) is 2.89. The number of rotatable bonds is 2. The van der Waals surface area contributed by atoms with Gasteiger partial charge in [0.1, 0.15) is 5.78 Å². The average Bonchev–Trinajstić information content (AvgIpc) is 2.13. The molecular weight excluding hydrogens is 166 g/mol. The Kier molecular flexibility index (Phi) is 3.05. The van der Waals surface area contributed by atoms with Crippen LogP contribution in [0.4, 0.5) is 0 Å². The fourth-order valence-corrected chi connectivity index (χ4v) is 1.90. The van der Waals surface area contributed by atoms with Crippen LogP contribution in [0.25, 0.3) is 0 Å². The normalized spacial score (nSPS) is 23.6. The van der Waals surface area contributed by atoms with E-state index in [1.54, 1.807) is 0 Å². The Bertz CT molecular complexity index is 232. The Morgan fingerprint density at radius 2 is 2.15 bits per heavy atom. The van der Waals surface area contributed by atoms with Gasteiger partial charge in [0.15, 0.2) is 0 Å². The zero-order chi connectivity index (χ0) is 9.90. The first-order valence-corrected chi connectivity index (χ1v) is 4.76. The summed E-state index contributed by atoms with van der Waals surface area (Å²) in [5.74, 6) is -0.113. The van der Waals surface area contributed by atoms with E-state index in [0.717, 1.165) is 0 Å². The van der Waals surface area contributed by atoms with Crippen LogP contribution in [0, 0.1) is 17.2 Å². The van der Waals surface area contributed by atoms with Crippen LogP contribution in [0.5, 0.6) is 0 Å². The molecule has 1 N–H and O–H groups in total. The first-order chi connectivity index (χ1) is 6.12. The van der Waals surface area contributed by atoms with Crippen LogP contribution in [0.15, 0.2) is 0 Å². The van der Waals surface area contributed by atoms with E-state index < -0.39 is 5.60 Å². The predicted molar refractivity (Wildman–Crippen MR) is 47.8 cm³/mol. The maximum Gasteiger partial charge on any atom is 0.133 e. The molecule has 3 nitrogen and oxygen atoms in total. The summed E-state index contributed by atoms with van der Waals surface area (Å²) in [6.45, 7) is 1.89.